The number of hydrogen-bond donors (Lipinski definition) is 1. The van der Waals surface area contributed by atoms with Crippen molar-refractivity contribution in [1.82, 2.24) is 10.2 Å². The first-order valence-electron chi connectivity index (χ1n) is 7.76. The van der Waals surface area contributed by atoms with Gasteiger partial charge in [-0.05, 0) is 38.3 Å². The number of nitrogens with one attached hydrogen (secondary N) is 1. The number of amides is 1. The number of benzene rings is 1. The van der Waals surface area contributed by atoms with E-state index in [0.717, 1.165) is 38.0 Å². The van der Waals surface area contributed by atoms with E-state index in [9.17, 15) is 4.79 Å². The van der Waals surface area contributed by atoms with Crippen LogP contribution in [0.4, 0.5) is 0 Å². The Morgan fingerprint density at radius 1 is 1.45 bits per heavy atom. The summed E-state index contributed by atoms with van der Waals surface area (Å²) < 4.78 is 0. The minimum Gasteiger partial charge on any atom is -0.338 e. The van der Waals surface area contributed by atoms with Gasteiger partial charge in [-0.1, -0.05) is 36.8 Å². The highest BCUT2D eigenvalue weighted by Gasteiger charge is 2.24. The second kappa shape index (κ2) is 7.44. The summed E-state index contributed by atoms with van der Waals surface area (Å²) in [6, 6.07) is 8.64. The quantitative estimate of drug-likeness (QED) is 0.895. The van der Waals surface area contributed by atoms with Gasteiger partial charge in [0.25, 0.3) is 0 Å². The van der Waals surface area contributed by atoms with Crippen LogP contribution in [0.15, 0.2) is 24.3 Å². The number of piperidine rings is 1. The monoisotopic (exact) mass is 274 g/mol. The van der Waals surface area contributed by atoms with Gasteiger partial charge in [-0.2, -0.15) is 0 Å². The van der Waals surface area contributed by atoms with E-state index in [0.29, 0.717) is 12.5 Å². The highest BCUT2D eigenvalue weighted by Crippen LogP contribution is 2.14. The van der Waals surface area contributed by atoms with Gasteiger partial charge in [-0.15, -0.1) is 0 Å². The van der Waals surface area contributed by atoms with Crippen molar-refractivity contribution in [2.45, 2.75) is 45.6 Å². The number of rotatable bonds is 5. The second-order valence-electron chi connectivity index (χ2n) is 5.75. The van der Waals surface area contributed by atoms with Crippen molar-refractivity contribution in [2.75, 3.05) is 19.6 Å². The van der Waals surface area contributed by atoms with Gasteiger partial charge in [0.2, 0.25) is 5.91 Å². The molecule has 20 heavy (non-hydrogen) atoms. The molecule has 1 aliphatic rings. The molecule has 1 aliphatic heterocycles. The van der Waals surface area contributed by atoms with Crippen LogP contribution in [0.3, 0.4) is 0 Å². The summed E-state index contributed by atoms with van der Waals surface area (Å²) >= 11 is 0. The molecular formula is C17H26N2O. The van der Waals surface area contributed by atoms with Gasteiger partial charge < -0.3 is 10.2 Å². The molecule has 2 rings (SSSR count). The summed E-state index contributed by atoms with van der Waals surface area (Å²) in [5.74, 6) is 0.270. The maximum absolute atomic E-state index is 12.6. The normalized spacial score (nSPS) is 18.8. The van der Waals surface area contributed by atoms with Gasteiger partial charge in [-0.25, -0.2) is 0 Å². The molecule has 0 radical (unpaired) electrons. The van der Waals surface area contributed by atoms with Gasteiger partial charge in [0, 0.05) is 19.1 Å². The fourth-order valence-corrected chi connectivity index (χ4v) is 2.95. The molecule has 3 heteroatoms. The van der Waals surface area contributed by atoms with Crippen molar-refractivity contribution in [1.29, 1.82) is 0 Å². The Balaban J connectivity index is 2.02. The van der Waals surface area contributed by atoms with Crippen LogP contribution >= 0.6 is 0 Å². The first-order chi connectivity index (χ1) is 9.70. The Hall–Kier alpha value is -1.35. The third-order valence-corrected chi connectivity index (χ3v) is 3.93. The van der Waals surface area contributed by atoms with Gasteiger partial charge in [-0.3, -0.25) is 4.79 Å². The maximum atomic E-state index is 12.6. The summed E-state index contributed by atoms with van der Waals surface area (Å²) in [6.45, 7) is 7.12. The topological polar surface area (TPSA) is 32.3 Å². The van der Waals surface area contributed by atoms with Crippen molar-refractivity contribution < 1.29 is 4.79 Å². The van der Waals surface area contributed by atoms with Crippen LogP contribution in [0, 0.1) is 6.92 Å². The van der Waals surface area contributed by atoms with Crippen molar-refractivity contribution in [3.63, 3.8) is 0 Å². The lowest BCUT2D eigenvalue weighted by atomic mass is 10.0. The van der Waals surface area contributed by atoms with Crippen molar-refractivity contribution in [3.8, 4) is 0 Å². The van der Waals surface area contributed by atoms with Crippen LogP contribution in [0.2, 0.25) is 0 Å². The van der Waals surface area contributed by atoms with E-state index in [1.807, 2.05) is 12.1 Å². The molecule has 0 bridgehead atoms. The number of carbonyl (C=O) groups is 1. The molecule has 1 atom stereocenters. The Bertz CT molecular complexity index is 438. The second-order valence-corrected chi connectivity index (χ2v) is 5.75. The highest BCUT2D eigenvalue weighted by atomic mass is 16.2. The van der Waals surface area contributed by atoms with Crippen LogP contribution in [-0.4, -0.2) is 36.5 Å². The lowest BCUT2D eigenvalue weighted by Gasteiger charge is -2.34. The Morgan fingerprint density at radius 3 is 2.95 bits per heavy atom. The number of hydrogen-bond acceptors (Lipinski definition) is 2. The predicted octanol–water partition coefficient (Wildman–Crippen LogP) is 2.53. The number of carbonyl (C=O) groups excluding carboxylic acids is 1. The standard InChI is InChI=1S/C17H26N2O/c1-3-10-19(16-8-5-9-18-13-16)17(20)12-15-7-4-6-14(2)11-15/h4,6-7,11,16,18H,3,5,8-10,12-13H2,1-2H3. The smallest absolute Gasteiger partial charge is 0.227 e. The van der Waals surface area contributed by atoms with Crippen LogP contribution < -0.4 is 5.32 Å². The van der Waals surface area contributed by atoms with Gasteiger partial charge in [0.05, 0.1) is 6.42 Å². The molecule has 1 heterocycles. The van der Waals surface area contributed by atoms with Crippen molar-refractivity contribution in [3.05, 3.63) is 35.4 Å². The summed E-state index contributed by atoms with van der Waals surface area (Å²) in [5, 5.41) is 3.41. The molecule has 1 fully saturated rings. The molecule has 1 amide bonds. The summed E-state index contributed by atoms with van der Waals surface area (Å²) in [6.07, 6.45) is 3.85. The van der Waals surface area contributed by atoms with Gasteiger partial charge >= 0.3 is 0 Å². The molecule has 1 N–H and O–H groups in total. The largest absolute Gasteiger partial charge is 0.338 e. The molecule has 110 valence electrons. The highest BCUT2D eigenvalue weighted by molar-refractivity contribution is 5.79. The summed E-state index contributed by atoms with van der Waals surface area (Å²) in [5.41, 5.74) is 2.34. The van der Waals surface area contributed by atoms with Gasteiger partial charge in [0.15, 0.2) is 0 Å². The van der Waals surface area contributed by atoms with E-state index in [4.69, 9.17) is 0 Å². The van der Waals surface area contributed by atoms with Gasteiger partial charge in [0.1, 0.15) is 0 Å². The van der Waals surface area contributed by atoms with E-state index >= 15 is 0 Å². The Kier molecular flexibility index (Phi) is 5.60. The number of aryl methyl sites for hydroxylation is 1. The molecule has 1 saturated heterocycles. The number of nitrogens with zero attached hydrogens (tertiary/aromatic N) is 1. The zero-order chi connectivity index (χ0) is 14.4. The predicted molar refractivity (Wildman–Crippen MR) is 82.8 cm³/mol. The van der Waals surface area contributed by atoms with Crippen molar-refractivity contribution in [2.24, 2.45) is 0 Å². The lowest BCUT2D eigenvalue weighted by molar-refractivity contribution is -0.133. The minimum atomic E-state index is 0.270. The average Bonchev–Trinajstić information content (AvgIpc) is 2.45. The SMILES string of the molecule is CCCN(C(=O)Cc1cccc(C)c1)C1CCCNC1. The molecule has 0 aromatic heterocycles. The molecule has 1 unspecified atom stereocenters. The van der Waals surface area contributed by atoms with Crippen LogP contribution in [0.5, 0.6) is 0 Å². The van der Waals surface area contributed by atoms with E-state index in [2.05, 4.69) is 36.2 Å². The molecule has 0 saturated carbocycles. The molecular weight excluding hydrogens is 248 g/mol. The van der Waals surface area contributed by atoms with Crippen LogP contribution in [0.25, 0.3) is 0 Å². The minimum absolute atomic E-state index is 0.270. The first kappa shape index (κ1) is 15.0. The zero-order valence-electron chi connectivity index (χ0n) is 12.7. The Morgan fingerprint density at radius 2 is 2.30 bits per heavy atom. The maximum Gasteiger partial charge on any atom is 0.227 e. The Labute approximate surface area is 122 Å². The molecule has 0 spiro atoms. The third kappa shape index (κ3) is 4.07. The van der Waals surface area contributed by atoms with Crippen molar-refractivity contribution >= 4 is 5.91 Å². The zero-order valence-corrected chi connectivity index (χ0v) is 12.7. The van der Waals surface area contributed by atoms with Crippen LogP contribution in [0.1, 0.15) is 37.3 Å². The van der Waals surface area contributed by atoms with E-state index < -0.39 is 0 Å². The third-order valence-electron chi connectivity index (χ3n) is 3.93. The lowest BCUT2D eigenvalue weighted by Crippen LogP contribution is -2.49. The van der Waals surface area contributed by atoms with E-state index in [-0.39, 0.29) is 5.91 Å². The van der Waals surface area contributed by atoms with E-state index in [1.54, 1.807) is 0 Å². The fourth-order valence-electron chi connectivity index (χ4n) is 2.95. The average molecular weight is 274 g/mol. The first-order valence-corrected chi connectivity index (χ1v) is 7.76. The van der Waals surface area contributed by atoms with E-state index in [1.165, 1.54) is 12.0 Å². The van der Waals surface area contributed by atoms with Crippen LogP contribution in [-0.2, 0) is 11.2 Å². The molecule has 3 nitrogen and oxygen atoms in total. The summed E-state index contributed by atoms with van der Waals surface area (Å²) in [7, 11) is 0. The molecule has 1 aromatic carbocycles. The molecule has 0 aliphatic carbocycles. The fraction of sp³-hybridized carbons (Fsp3) is 0.588. The summed E-state index contributed by atoms with van der Waals surface area (Å²) in [4.78, 5) is 14.7. The molecule has 1 aromatic rings.